The Balaban J connectivity index is 2.22. The van der Waals surface area contributed by atoms with Crippen molar-refractivity contribution in [2.45, 2.75) is 36.2 Å². The third kappa shape index (κ3) is 3.25. The largest absolute Gasteiger partial charge is 0.389 e. The predicted octanol–water partition coefficient (Wildman–Crippen LogP) is 2.98. The first kappa shape index (κ1) is 15.5. The van der Waals surface area contributed by atoms with Crippen LogP contribution in [0.5, 0.6) is 0 Å². The Bertz CT molecular complexity index is 564. The second kappa shape index (κ2) is 5.50. The molecule has 1 aromatic rings. The summed E-state index contributed by atoms with van der Waals surface area (Å²) in [7, 11) is -2.26. The fourth-order valence-corrected chi connectivity index (χ4v) is 5.72. The maximum Gasteiger partial charge on any atom is 0.245 e. The Morgan fingerprint density at radius 2 is 2.00 bits per heavy atom. The van der Waals surface area contributed by atoms with E-state index in [4.69, 9.17) is 23.2 Å². The van der Waals surface area contributed by atoms with E-state index in [2.05, 4.69) is 0 Å². The lowest BCUT2D eigenvalue weighted by Gasteiger charge is -2.27. The maximum absolute atomic E-state index is 12.4. The lowest BCUT2D eigenvalue weighted by Crippen LogP contribution is -2.41. The van der Waals surface area contributed by atoms with E-state index in [1.54, 1.807) is 0 Å². The Morgan fingerprint density at radius 3 is 2.47 bits per heavy atom. The second-order valence-electron chi connectivity index (χ2n) is 4.88. The van der Waals surface area contributed by atoms with Crippen LogP contribution in [0.4, 0.5) is 0 Å². The molecule has 19 heavy (non-hydrogen) atoms. The summed E-state index contributed by atoms with van der Waals surface area (Å²) in [4.78, 5) is 0.00765. The fraction of sp³-hybridized carbons (Fsp3) is 0.636. The van der Waals surface area contributed by atoms with Crippen molar-refractivity contribution in [3.05, 3.63) is 14.7 Å². The number of hydrogen-bond acceptors (Lipinski definition) is 4. The zero-order valence-electron chi connectivity index (χ0n) is 10.4. The van der Waals surface area contributed by atoms with Crippen LogP contribution >= 0.6 is 34.5 Å². The molecule has 0 amide bonds. The van der Waals surface area contributed by atoms with E-state index < -0.39 is 15.6 Å². The van der Waals surface area contributed by atoms with Crippen molar-refractivity contribution in [2.75, 3.05) is 13.6 Å². The van der Waals surface area contributed by atoms with E-state index in [0.29, 0.717) is 17.2 Å². The van der Waals surface area contributed by atoms with Gasteiger partial charge in [-0.15, -0.1) is 11.3 Å². The highest BCUT2D eigenvalue weighted by Crippen LogP contribution is 2.37. The maximum atomic E-state index is 12.4. The van der Waals surface area contributed by atoms with Gasteiger partial charge in [-0.1, -0.05) is 36.0 Å². The lowest BCUT2D eigenvalue weighted by atomic mass is 10.0. The average molecular weight is 344 g/mol. The number of rotatable bonds is 4. The molecule has 0 atom stereocenters. The van der Waals surface area contributed by atoms with Crippen molar-refractivity contribution in [2.24, 2.45) is 0 Å². The summed E-state index contributed by atoms with van der Waals surface area (Å²) in [5, 5.41) is 10.3. The van der Waals surface area contributed by atoms with E-state index >= 15 is 0 Å². The molecule has 1 saturated carbocycles. The molecule has 1 aromatic heterocycles. The van der Waals surface area contributed by atoms with Crippen molar-refractivity contribution >= 4 is 44.6 Å². The zero-order valence-corrected chi connectivity index (χ0v) is 13.5. The minimum atomic E-state index is -3.71. The van der Waals surface area contributed by atoms with Crippen molar-refractivity contribution in [3.8, 4) is 0 Å². The number of sulfonamides is 1. The fourth-order valence-electron chi connectivity index (χ4n) is 2.36. The molecule has 0 saturated heterocycles. The molecule has 0 aliphatic heterocycles. The van der Waals surface area contributed by atoms with Crippen LogP contribution in [-0.4, -0.2) is 37.0 Å². The van der Waals surface area contributed by atoms with Gasteiger partial charge in [-0.2, -0.15) is 4.31 Å². The van der Waals surface area contributed by atoms with Gasteiger partial charge in [0.2, 0.25) is 10.0 Å². The van der Waals surface area contributed by atoms with Crippen molar-refractivity contribution in [3.63, 3.8) is 0 Å². The summed E-state index contributed by atoms with van der Waals surface area (Å²) < 4.78 is 26.4. The van der Waals surface area contributed by atoms with E-state index in [0.717, 1.165) is 28.5 Å². The number of aliphatic hydroxyl groups is 1. The zero-order chi connectivity index (χ0) is 14.3. The highest BCUT2D eigenvalue weighted by molar-refractivity contribution is 7.89. The van der Waals surface area contributed by atoms with Crippen LogP contribution in [0.2, 0.25) is 8.67 Å². The number of halogens is 2. The smallest absolute Gasteiger partial charge is 0.245 e. The SMILES string of the molecule is CN(CC1(O)CCCC1)S(=O)(=O)c1cc(Cl)sc1Cl. The highest BCUT2D eigenvalue weighted by Gasteiger charge is 2.36. The van der Waals surface area contributed by atoms with Crippen molar-refractivity contribution < 1.29 is 13.5 Å². The molecule has 0 spiro atoms. The molecule has 1 N–H and O–H groups in total. The Hall–Kier alpha value is 0.150. The summed E-state index contributed by atoms with van der Waals surface area (Å²) in [5.41, 5.74) is -0.923. The molecule has 0 unspecified atom stereocenters. The molecular formula is C11H15Cl2NO3S2. The van der Waals surface area contributed by atoms with Gasteiger partial charge in [0, 0.05) is 13.6 Å². The molecule has 0 bridgehead atoms. The Labute approximate surface area is 127 Å². The van der Waals surface area contributed by atoms with Crippen LogP contribution in [0.15, 0.2) is 11.0 Å². The standard InChI is InChI=1S/C11H15Cl2NO3S2/c1-14(7-11(15)4-2-3-5-11)19(16,17)8-6-9(12)18-10(8)13/h6,15H,2-5,7H2,1H3. The van der Waals surface area contributed by atoms with E-state index in [9.17, 15) is 13.5 Å². The lowest BCUT2D eigenvalue weighted by molar-refractivity contribution is 0.0333. The third-order valence-electron chi connectivity index (χ3n) is 3.36. The first-order valence-corrected chi connectivity index (χ1v) is 8.89. The van der Waals surface area contributed by atoms with Crippen LogP contribution < -0.4 is 0 Å². The monoisotopic (exact) mass is 343 g/mol. The molecular weight excluding hydrogens is 329 g/mol. The molecule has 1 aliphatic rings. The Morgan fingerprint density at radius 1 is 1.42 bits per heavy atom. The van der Waals surface area contributed by atoms with Gasteiger partial charge in [0.15, 0.2) is 0 Å². The number of likely N-dealkylation sites (N-methyl/N-ethyl adjacent to an activating group) is 1. The van der Waals surface area contributed by atoms with E-state index in [1.807, 2.05) is 0 Å². The number of nitrogens with zero attached hydrogens (tertiary/aromatic N) is 1. The minimum Gasteiger partial charge on any atom is -0.389 e. The highest BCUT2D eigenvalue weighted by atomic mass is 35.5. The van der Waals surface area contributed by atoms with Gasteiger partial charge < -0.3 is 5.11 Å². The molecule has 2 rings (SSSR count). The third-order valence-corrected chi connectivity index (χ3v) is 6.92. The summed E-state index contributed by atoms with van der Waals surface area (Å²) in [6, 6.07) is 1.35. The van der Waals surface area contributed by atoms with Gasteiger partial charge in [0.05, 0.1) is 9.94 Å². The van der Waals surface area contributed by atoms with Gasteiger partial charge in [-0.25, -0.2) is 8.42 Å². The summed E-state index contributed by atoms with van der Waals surface area (Å²) in [6.07, 6.45) is 3.11. The van der Waals surface area contributed by atoms with E-state index in [-0.39, 0.29) is 15.8 Å². The van der Waals surface area contributed by atoms with Gasteiger partial charge >= 0.3 is 0 Å². The average Bonchev–Trinajstić information content (AvgIpc) is 2.85. The quantitative estimate of drug-likeness (QED) is 0.914. The van der Waals surface area contributed by atoms with E-state index in [1.165, 1.54) is 13.1 Å². The summed E-state index contributed by atoms with van der Waals surface area (Å²) in [5.74, 6) is 0. The minimum absolute atomic E-state index is 0.00765. The van der Waals surface area contributed by atoms with Crippen LogP contribution in [0.1, 0.15) is 25.7 Å². The topological polar surface area (TPSA) is 57.6 Å². The Kier molecular flexibility index (Phi) is 4.50. The normalized spacial score (nSPS) is 19.2. The molecule has 8 heteroatoms. The first-order chi connectivity index (χ1) is 8.74. The van der Waals surface area contributed by atoms with Gasteiger partial charge in [-0.3, -0.25) is 0 Å². The van der Waals surface area contributed by atoms with Crippen LogP contribution in [0.3, 0.4) is 0 Å². The molecule has 4 nitrogen and oxygen atoms in total. The molecule has 0 aromatic carbocycles. The second-order valence-corrected chi connectivity index (χ2v) is 9.18. The van der Waals surface area contributed by atoms with Gasteiger partial charge in [-0.05, 0) is 18.9 Å². The van der Waals surface area contributed by atoms with Crippen LogP contribution in [0, 0.1) is 0 Å². The molecule has 1 aliphatic carbocycles. The van der Waals surface area contributed by atoms with Crippen LogP contribution in [-0.2, 0) is 10.0 Å². The summed E-state index contributed by atoms with van der Waals surface area (Å²) in [6.45, 7) is 0.0825. The number of thiophene rings is 1. The first-order valence-electron chi connectivity index (χ1n) is 5.88. The van der Waals surface area contributed by atoms with Gasteiger partial charge in [0.25, 0.3) is 0 Å². The molecule has 108 valence electrons. The van der Waals surface area contributed by atoms with Crippen LogP contribution in [0.25, 0.3) is 0 Å². The molecule has 1 heterocycles. The van der Waals surface area contributed by atoms with Crippen molar-refractivity contribution in [1.82, 2.24) is 4.31 Å². The predicted molar refractivity (Wildman–Crippen MR) is 77.6 cm³/mol. The summed E-state index contributed by atoms with van der Waals surface area (Å²) >= 11 is 12.7. The molecule has 1 fully saturated rings. The number of hydrogen-bond donors (Lipinski definition) is 1. The van der Waals surface area contributed by atoms with Gasteiger partial charge in [0.1, 0.15) is 9.23 Å². The molecule has 0 radical (unpaired) electrons. The van der Waals surface area contributed by atoms with Crippen molar-refractivity contribution in [1.29, 1.82) is 0 Å².